The van der Waals surface area contributed by atoms with Crippen molar-refractivity contribution in [2.45, 2.75) is 30.4 Å². The lowest BCUT2D eigenvalue weighted by atomic mass is 10.1. The average Bonchev–Trinajstić information content (AvgIpc) is 3.38. The summed E-state index contributed by atoms with van der Waals surface area (Å²) in [7, 11) is -3.64. The van der Waals surface area contributed by atoms with Crippen LogP contribution in [0.2, 0.25) is 0 Å². The summed E-state index contributed by atoms with van der Waals surface area (Å²) in [5, 5.41) is 11.6. The Bertz CT molecular complexity index is 1750. The molecule has 0 saturated heterocycles. The third-order valence-corrected chi connectivity index (χ3v) is 9.75. The molecule has 0 spiro atoms. The second kappa shape index (κ2) is 12.2. The van der Waals surface area contributed by atoms with Crippen LogP contribution in [0, 0.1) is 0 Å². The lowest BCUT2D eigenvalue weighted by molar-refractivity contribution is 0.102. The fourth-order valence-electron chi connectivity index (χ4n) is 4.60. The predicted octanol–water partition coefficient (Wildman–Crippen LogP) is 6.15. The quantitative estimate of drug-likeness (QED) is 0.140. The highest BCUT2D eigenvalue weighted by Gasteiger charge is 2.23. The van der Waals surface area contributed by atoms with E-state index in [9.17, 15) is 13.2 Å². The van der Waals surface area contributed by atoms with Crippen LogP contribution in [0.5, 0.6) is 0 Å². The van der Waals surface area contributed by atoms with Gasteiger partial charge >= 0.3 is 0 Å². The van der Waals surface area contributed by atoms with Gasteiger partial charge in [-0.3, -0.25) is 9.36 Å². The maximum atomic E-state index is 13.2. The van der Waals surface area contributed by atoms with E-state index in [1.54, 1.807) is 18.2 Å². The van der Waals surface area contributed by atoms with Gasteiger partial charge < -0.3 is 0 Å². The van der Waals surface area contributed by atoms with Crippen LogP contribution in [-0.2, 0) is 16.6 Å². The summed E-state index contributed by atoms with van der Waals surface area (Å²) in [6, 6.07) is 30.4. The van der Waals surface area contributed by atoms with Crippen LogP contribution in [0.4, 0.5) is 0 Å². The second-order valence-corrected chi connectivity index (χ2v) is 12.1. The van der Waals surface area contributed by atoms with Crippen molar-refractivity contribution in [2.24, 2.45) is 0 Å². The van der Waals surface area contributed by atoms with Crippen molar-refractivity contribution in [1.29, 1.82) is 0 Å². The van der Waals surface area contributed by atoms with Crippen molar-refractivity contribution < 1.29 is 13.2 Å². The number of nitrogens with zero attached hydrogens (tertiary/aromatic N) is 4. The summed E-state index contributed by atoms with van der Waals surface area (Å²) in [5.74, 6) is 0.738. The molecule has 1 aromatic heterocycles. The molecule has 5 rings (SSSR count). The van der Waals surface area contributed by atoms with Crippen LogP contribution in [0.1, 0.15) is 29.8 Å². The number of rotatable bonds is 11. The molecule has 0 aliphatic carbocycles. The number of carbonyl (C=O) groups excluding carboxylic acids is 1. The number of hydrogen-bond acceptors (Lipinski definition) is 6. The van der Waals surface area contributed by atoms with Gasteiger partial charge in [-0.2, -0.15) is 4.31 Å². The lowest BCUT2D eigenvalue weighted by Crippen LogP contribution is -2.30. The molecule has 0 N–H and O–H groups in total. The monoisotopic (exact) mass is 570 g/mol. The Morgan fingerprint density at radius 3 is 2.30 bits per heavy atom. The van der Waals surface area contributed by atoms with E-state index in [2.05, 4.69) is 10.2 Å². The fraction of sp³-hybridized carbons (Fsp3) is 0.194. The zero-order valence-corrected chi connectivity index (χ0v) is 24.0. The molecule has 0 saturated carbocycles. The number of benzene rings is 4. The number of sulfonamides is 1. The molecule has 5 aromatic rings. The van der Waals surface area contributed by atoms with Crippen molar-refractivity contribution in [1.82, 2.24) is 19.1 Å². The molecule has 0 bridgehead atoms. The molecule has 40 heavy (non-hydrogen) atoms. The molecular formula is C31H30N4O3S2. The molecule has 0 aliphatic heterocycles. The third kappa shape index (κ3) is 5.86. The summed E-state index contributed by atoms with van der Waals surface area (Å²) in [6.45, 7) is 4.90. The van der Waals surface area contributed by atoms with E-state index >= 15 is 0 Å². The molecule has 0 amide bonds. The van der Waals surface area contributed by atoms with Gasteiger partial charge in [0.2, 0.25) is 10.0 Å². The largest absolute Gasteiger partial charge is 0.298 e. The Morgan fingerprint density at radius 2 is 1.55 bits per heavy atom. The van der Waals surface area contributed by atoms with E-state index in [0.29, 0.717) is 41.7 Å². The van der Waals surface area contributed by atoms with E-state index in [1.807, 2.05) is 97.3 Å². The van der Waals surface area contributed by atoms with Crippen LogP contribution in [0.25, 0.3) is 22.2 Å². The summed E-state index contributed by atoms with van der Waals surface area (Å²) in [4.78, 5) is 13.3. The molecule has 0 radical (unpaired) electrons. The molecule has 9 heteroatoms. The van der Waals surface area contributed by atoms with E-state index in [4.69, 9.17) is 0 Å². The lowest BCUT2D eigenvalue weighted by Gasteiger charge is -2.19. The minimum Gasteiger partial charge on any atom is -0.298 e. The Balaban J connectivity index is 1.46. The highest BCUT2D eigenvalue weighted by molar-refractivity contribution is 7.99. The second-order valence-electron chi connectivity index (χ2n) is 9.27. The van der Waals surface area contributed by atoms with Crippen LogP contribution in [0.3, 0.4) is 0 Å². The number of fused-ring (bicyclic) bond motifs is 1. The maximum absolute atomic E-state index is 13.2. The summed E-state index contributed by atoms with van der Waals surface area (Å²) in [6.07, 6.45) is 0. The predicted molar refractivity (Wildman–Crippen MR) is 160 cm³/mol. The highest BCUT2D eigenvalue weighted by Crippen LogP contribution is 2.28. The van der Waals surface area contributed by atoms with E-state index in [1.165, 1.54) is 16.1 Å². The SMILES string of the molecule is CCN(CC)S(=O)(=O)c1cccc(-c2nnc(SCC(=O)c3ccc4ccccc4c3)n2Cc2ccccc2)c1. The molecule has 4 aromatic carbocycles. The van der Waals surface area contributed by atoms with Crippen molar-refractivity contribution in [3.8, 4) is 11.4 Å². The number of aromatic nitrogens is 3. The van der Waals surface area contributed by atoms with Crippen LogP contribution >= 0.6 is 11.8 Å². The Hall–Kier alpha value is -3.79. The van der Waals surface area contributed by atoms with Gasteiger partial charge in [0.15, 0.2) is 16.8 Å². The Morgan fingerprint density at radius 1 is 0.825 bits per heavy atom. The fourth-order valence-corrected chi connectivity index (χ4v) is 6.94. The molecular weight excluding hydrogens is 541 g/mol. The zero-order valence-electron chi connectivity index (χ0n) is 22.4. The molecule has 0 fully saturated rings. The van der Waals surface area contributed by atoms with Crippen molar-refractivity contribution in [3.63, 3.8) is 0 Å². The van der Waals surface area contributed by atoms with Gasteiger partial charge in [0.25, 0.3) is 0 Å². The van der Waals surface area contributed by atoms with Gasteiger partial charge in [-0.1, -0.05) is 104 Å². The summed E-state index contributed by atoms with van der Waals surface area (Å²) in [5.41, 5.74) is 2.33. The topological polar surface area (TPSA) is 85.2 Å². The molecule has 1 heterocycles. The Labute approximate surface area is 238 Å². The van der Waals surface area contributed by atoms with Crippen LogP contribution in [0.15, 0.2) is 107 Å². The van der Waals surface area contributed by atoms with E-state index in [0.717, 1.165) is 16.3 Å². The minimum absolute atomic E-state index is 0.00104. The van der Waals surface area contributed by atoms with Crippen molar-refractivity contribution in [2.75, 3.05) is 18.8 Å². The van der Waals surface area contributed by atoms with Gasteiger partial charge in [0.05, 0.1) is 17.2 Å². The van der Waals surface area contributed by atoms with Crippen LogP contribution in [-0.4, -0.2) is 52.1 Å². The Kier molecular flexibility index (Phi) is 8.44. The smallest absolute Gasteiger partial charge is 0.243 e. The van der Waals surface area contributed by atoms with Crippen molar-refractivity contribution in [3.05, 3.63) is 108 Å². The molecule has 0 atom stereocenters. The van der Waals surface area contributed by atoms with Gasteiger partial charge in [-0.05, 0) is 34.5 Å². The number of carbonyl (C=O) groups is 1. The number of hydrogen-bond donors (Lipinski definition) is 0. The van der Waals surface area contributed by atoms with Gasteiger partial charge in [-0.15, -0.1) is 10.2 Å². The first-order valence-corrected chi connectivity index (χ1v) is 15.6. The minimum atomic E-state index is -3.64. The van der Waals surface area contributed by atoms with Crippen molar-refractivity contribution >= 4 is 38.3 Å². The highest BCUT2D eigenvalue weighted by atomic mass is 32.2. The molecule has 204 valence electrons. The standard InChI is InChI=1S/C31H30N4O3S2/c1-3-34(4-2)40(37,38)28-16-10-15-27(20-28)30-32-33-31(35(30)21-23-11-6-5-7-12-23)39-22-29(36)26-18-17-24-13-8-9-14-25(24)19-26/h5-20H,3-4,21-22H2,1-2H3. The average molecular weight is 571 g/mol. The summed E-state index contributed by atoms with van der Waals surface area (Å²) >= 11 is 1.33. The molecule has 7 nitrogen and oxygen atoms in total. The van der Waals surface area contributed by atoms with Gasteiger partial charge in [0.1, 0.15) is 0 Å². The number of ketones is 1. The van der Waals surface area contributed by atoms with Gasteiger partial charge in [0, 0.05) is 24.2 Å². The molecule has 0 unspecified atom stereocenters. The van der Waals surface area contributed by atoms with E-state index < -0.39 is 10.0 Å². The zero-order chi connectivity index (χ0) is 28.1. The third-order valence-electron chi connectivity index (χ3n) is 6.74. The van der Waals surface area contributed by atoms with Gasteiger partial charge in [-0.25, -0.2) is 8.42 Å². The summed E-state index contributed by atoms with van der Waals surface area (Å²) < 4.78 is 29.8. The first-order chi connectivity index (χ1) is 19.4. The number of thioether (sulfide) groups is 1. The first kappa shape index (κ1) is 27.8. The normalized spacial score (nSPS) is 11.8. The van der Waals surface area contributed by atoms with Crippen LogP contribution < -0.4 is 0 Å². The number of Topliss-reactive ketones (excluding diaryl/α,β-unsaturated/α-hetero) is 1. The maximum Gasteiger partial charge on any atom is 0.243 e. The van der Waals surface area contributed by atoms with E-state index in [-0.39, 0.29) is 16.4 Å². The molecule has 0 aliphatic rings. The first-order valence-electron chi connectivity index (χ1n) is 13.1.